The average Bonchev–Trinajstić information content (AvgIpc) is 3.33. The number of thiazole rings is 1. The summed E-state index contributed by atoms with van der Waals surface area (Å²) >= 11 is 1.57. The molecule has 0 saturated carbocycles. The van der Waals surface area contributed by atoms with E-state index in [9.17, 15) is 4.79 Å². The summed E-state index contributed by atoms with van der Waals surface area (Å²) in [6, 6.07) is 16.1. The molecule has 0 aliphatic carbocycles. The van der Waals surface area contributed by atoms with Crippen molar-refractivity contribution in [3.8, 4) is 10.9 Å². The number of amides is 1. The Balaban J connectivity index is 1.53. The Kier molecular flexibility index (Phi) is 4.98. The molecular formula is C24H24N4O2S. The third-order valence-corrected chi connectivity index (χ3v) is 6.44. The first-order valence-corrected chi connectivity index (χ1v) is 11.3. The minimum absolute atomic E-state index is 0.0140. The summed E-state index contributed by atoms with van der Waals surface area (Å²) in [7, 11) is 0. The van der Waals surface area contributed by atoms with Crippen molar-refractivity contribution in [3.05, 3.63) is 65.4 Å². The van der Waals surface area contributed by atoms with Crippen LogP contribution in [0, 0.1) is 12.8 Å². The van der Waals surface area contributed by atoms with Crippen LogP contribution in [0.15, 0.2) is 48.5 Å². The molecule has 0 fully saturated rings. The number of carbonyl (C=O) groups is 1. The van der Waals surface area contributed by atoms with Crippen molar-refractivity contribution >= 4 is 33.3 Å². The van der Waals surface area contributed by atoms with Crippen LogP contribution in [0.4, 0.5) is 5.82 Å². The summed E-state index contributed by atoms with van der Waals surface area (Å²) < 4.78 is 8.68. The first-order valence-electron chi connectivity index (χ1n) is 10.5. The minimum Gasteiger partial charge on any atom is -0.493 e. The van der Waals surface area contributed by atoms with Gasteiger partial charge in [0.1, 0.15) is 11.6 Å². The predicted molar refractivity (Wildman–Crippen MR) is 123 cm³/mol. The molecule has 2 aromatic carbocycles. The van der Waals surface area contributed by atoms with Crippen LogP contribution >= 0.6 is 11.3 Å². The molecule has 5 rings (SSSR count). The van der Waals surface area contributed by atoms with Crippen LogP contribution in [-0.4, -0.2) is 27.3 Å². The standard InChI is InChI=1S/C24H24N4O2S/c1-14(2)13-30-17-10-8-16(9-11-17)18-12-21(29)26-23-22(18)15(3)27-28(23)24-25-19-6-4-5-7-20(19)31-24/h4-11,14,18H,12-13H2,1-3H3,(H,26,29)/t18-/m0/s1. The molecule has 0 radical (unpaired) electrons. The number of nitrogens with one attached hydrogen (secondary N) is 1. The second-order valence-electron chi connectivity index (χ2n) is 8.30. The lowest BCUT2D eigenvalue weighted by molar-refractivity contribution is -0.116. The maximum atomic E-state index is 12.6. The third kappa shape index (κ3) is 3.70. The van der Waals surface area contributed by atoms with Gasteiger partial charge in [0.15, 0.2) is 0 Å². The van der Waals surface area contributed by atoms with Gasteiger partial charge < -0.3 is 10.1 Å². The number of aromatic nitrogens is 3. The normalized spacial score (nSPS) is 15.9. The van der Waals surface area contributed by atoms with Crippen LogP contribution in [-0.2, 0) is 4.79 Å². The molecule has 31 heavy (non-hydrogen) atoms. The minimum atomic E-state index is -0.0500. The number of ether oxygens (including phenoxy) is 1. The molecule has 0 spiro atoms. The van der Waals surface area contributed by atoms with E-state index < -0.39 is 0 Å². The molecule has 1 N–H and O–H groups in total. The van der Waals surface area contributed by atoms with E-state index in [-0.39, 0.29) is 11.8 Å². The summed E-state index contributed by atoms with van der Waals surface area (Å²) in [5, 5.41) is 8.55. The van der Waals surface area contributed by atoms with Crippen molar-refractivity contribution in [3.63, 3.8) is 0 Å². The Labute approximate surface area is 184 Å². The summed E-state index contributed by atoms with van der Waals surface area (Å²) in [6.07, 6.45) is 0.394. The number of nitrogens with zero attached hydrogens (tertiary/aromatic N) is 3. The maximum Gasteiger partial charge on any atom is 0.226 e. The lowest BCUT2D eigenvalue weighted by Crippen LogP contribution is -2.24. The fourth-order valence-electron chi connectivity index (χ4n) is 3.98. The first-order chi connectivity index (χ1) is 15.0. The van der Waals surface area contributed by atoms with Crippen LogP contribution in [0.25, 0.3) is 15.3 Å². The molecule has 6 nitrogen and oxygen atoms in total. The van der Waals surface area contributed by atoms with Crippen molar-refractivity contribution in [2.75, 3.05) is 11.9 Å². The molecule has 2 aromatic heterocycles. The van der Waals surface area contributed by atoms with Crippen LogP contribution < -0.4 is 10.1 Å². The lowest BCUT2D eigenvalue weighted by Gasteiger charge is -2.24. The van der Waals surface area contributed by atoms with E-state index in [0.29, 0.717) is 18.9 Å². The van der Waals surface area contributed by atoms with E-state index in [1.807, 2.05) is 43.3 Å². The zero-order chi connectivity index (χ0) is 21.5. The molecule has 1 atom stereocenters. The summed E-state index contributed by atoms with van der Waals surface area (Å²) in [5.41, 5.74) is 3.97. The first kappa shape index (κ1) is 19.8. The fourth-order valence-corrected chi connectivity index (χ4v) is 4.90. The van der Waals surface area contributed by atoms with Crippen LogP contribution in [0.2, 0.25) is 0 Å². The molecular weight excluding hydrogens is 408 g/mol. The zero-order valence-corrected chi connectivity index (χ0v) is 18.6. The van der Waals surface area contributed by atoms with Crippen molar-refractivity contribution < 1.29 is 9.53 Å². The quantitative estimate of drug-likeness (QED) is 0.465. The summed E-state index contributed by atoms with van der Waals surface area (Å²) in [5.74, 6) is 1.98. The van der Waals surface area contributed by atoms with Gasteiger partial charge in [0.05, 0.1) is 22.5 Å². The Morgan fingerprint density at radius 1 is 1.19 bits per heavy atom. The van der Waals surface area contributed by atoms with Crippen LogP contribution in [0.3, 0.4) is 0 Å². The van der Waals surface area contributed by atoms with E-state index in [1.54, 1.807) is 16.0 Å². The average molecular weight is 433 g/mol. The molecule has 0 unspecified atom stereocenters. The van der Waals surface area contributed by atoms with Crippen LogP contribution in [0.5, 0.6) is 5.75 Å². The molecule has 3 heterocycles. The number of hydrogen-bond donors (Lipinski definition) is 1. The number of rotatable bonds is 5. The monoisotopic (exact) mass is 432 g/mol. The second kappa shape index (κ2) is 7.81. The Morgan fingerprint density at radius 2 is 1.97 bits per heavy atom. The van der Waals surface area contributed by atoms with Gasteiger partial charge in [-0.15, -0.1) is 0 Å². The van der Waals surface area contributed by atoms with Gasteiger partial charge in [-0.2, -0.15) is 9.78 Å². The Morgan fingerprint density at radius 3 is 2.71 bits per heavy atom. The van der Waals surface area contributed by atoms with E-state index in [4.69, 9.17) is 14.8 Å². The summed E-state index contributed by atoms with van der Waals surface area (Å²) in [6.45, 7) is 6.93. The number of fused-ring (bicyclic) bond motifs is 2. The highest BCUT2D eigenvalue weighted by Crippen LogP contribution is 2.41. The van der Waals surface area contributed by atoms with E-state index >= 15 is 0 Å². The van der Waals surface area contributed by atoms with Gasteiger partial charge in [0.2, 0.25) is 11.0 Å². The van der Waals surface area contributed by atoms with Crippen molar-refractivity contribution in [2.24, 2.45) is 5.92 Å². The molecule has 158 valence electrons. The molecule has 1 aliphatic heterocycles. The number of para-hydroxylation sites is 1. The van der Waals surface area contributed by atoms with Gasteiger partial charge in [0.25, 0.3) is 0 Å². The van der Waals surface area contributed by atoms with E-state index in [2.05, 4.69) is 31.3 Å². The highest BCUT2D eigenvalue weighted by Gasteiger charge is 2.33. The third-order valence-electron chi connectivity index (χ3n) is 5.43. The number of hydrogen-bond acceptors (Lipinski definition) is 5. The molecule has 7 heteroatoms. The number of carbonyl (C=O) groups excluding carboxylic acids is 1. The van der Waals surface area contributed by atoms with Gasteiger partial charge in [-0.3, -0.25) is 4.79 Å². The molecule has 1 amide bonds. The number of aryl methyl sites for hydroxylation is 1. The van der Waals surface area contributed by atoms with Gasteiger partial charge in [-0.1, -0.05) is 49.4 Å². The predicted octanol–water partition coefficient (Wildman–Crippen LogP) is 5.30. The molecule has 0 saturated heterocycles. The van der Waals surface area contributed by atoms with Gasteiger partial charge >= 0.3 is 0 Å². The van der Waals surface area contributed by atoms with Crippen molar-refractivity contribution in [2.45, 2.75) is 33.1 Å². The molecule has 1 aliphatic rings. The van der Waals surface area contributed by atoms with E-state index in [0.717, 1.165) is 43.7 Å². The molecule has 4 aromatic rings. The topological polar surface area (TPSA) is 69.0 Å². The summed E-state index contributed by atoms with van der Waals surface area (Å²) in [4.78, 5) is 17.3. The van der Waals surface area contributed by atoms with Gasteiger partial charge in [0, 0.05) is 17.9 Å². The van der Waals surface area contributed by atoms with Crippen molar-refractivity contribution in [1.29, 1.82) is 0 Å². The SMILES string of the molecule is Cc1nn(-c2nc3ccccc3s2)c2c1[C@H](c1ccc(OCC(C)C)cc1)CC(=O)N2. The van der Waals surface area contributed by atoms with Gasteiger partial charge in [-0.25, -0.2) is 4.98 Å². The Bertz CT molecular complexity index is 1220. The van der Waals surface area contributed by atoms with Crippen LogP contribution in [0.1, 0.15) is 43.0 Å². The smallest absolute Gasteiger partial charge is 0.226 e. The van der Waals surface area contributed by atoms with Gasteiger partial charge in [-0.05, 0) is 42.7 Å². The van der Waals surface area contributed by atoms with Crippen molar-refractivity contribution in [1.82, 2.24) is 14.8 Å². The fraction of sp³-hybridized carbons (Fsp3) is 0.292. The highest BCUT2D eigenvalue weighted by molar-refractivity contribution is 7.20. The number of benzene rings is 2. The maximum absolute atomic E-state index is 12.6. The Hall–Kier alpha value is -3.19. The molecule has 0 bridgehead atoms. The lowest BCUT2D eigenvalue weighted by atomic mass is 9.86. The number of anilines is 1. The zero-order valence-electron chi connectivity index (χ0n) is 17.8. The second-order valence-corrected chi connectivity index (χ2v) is 9.31. The largest absolute Gasteiger partial charge is 0.493 e. The highest BCUT2D eigenvalue weighted by atomic mass is 32.1. The van der Waals surface area contributed by atoms with E-state index in [1.165, 1.54) is 0 Å².